The Bertz CT molecular complexity index is 126. The Morgan fingerprint density at radius 1 is 1.38 bits per heavy atom. The van der Waals surface area contributed by atoms with E-state index < -0.39 is 0 Å². The zero-order valence-electron chi connectivity index (χ0n) is 8.71. The molecule has 1 atom stereocenters. The van der Waals surface area contributed by atoms with Gasteiger partial charge in [-0.2, -0.15) is 5.48 Å². The lowest BCUT2D eigenvalue weighted by Crippen LogP contribution is -2.31. The van der Waals surface area contributed by atoms with Gasteiger partial charge in [0.05, 0.1) is 13.2 Å². The van der Waals surface area contributed by atoms with E-state index in [1.54, 1.807) is 7.11 Å². The van der Waals surface area contributed by atoms with Crippen molar-refractivity contribution in [3.63, 3.8) is 0 Å². The molecule has 1 aliphatic rings. The summed E-state index contributed by atoms with van der Waals surface area (Å²) in [5.74, 6) is 0.938. The first kappa shape index (κ1) is 11.0. The molecule has 1 unspecified atom stereocenters. The third-order valence-electron chi connectivity index (χ3n) is 2.59. The van der Waals surface area contributed by atoms with Crippen molar-refractivity contribution >= 4 is 0 Å². The summed E-state index contributed by atoms with van der Waals surface area (Å²) in [4.78, 5) is 5.23. The van der Waals surface area contributed by atoms with Gasteiger partial charge in [0.15, 0.2) is 0 Å². The predicted molar refractivity (Wildman–Crippen MR) is 52.4 cm³/mol. The molecule has 0 heterocycles. The molecule has 0 spiro atoms. The van der Waals surface area contributed by atoms with Gasteiger partial charge in [0, 0.05) is 13.2 Å². The van der Waals surface area contributed by atoms with Crippen molar-refractivity contribution in [3.05, 3.63) is 0 Å². The van der Waals surface area contributed by atoms with Crippen LogP contribution >= 0.6 is 0 Å². The molecule has 78 valence electrons. The standard InChI is InChI=1S/C10H21NO2/c1-9(8-10-4-3-5-10)11-13-7-6-12-2/h9-11H,3-8H2,1-2H3. The smallest absolute Gasteiger partial charge is 0.0915 e. The summed E-state index contributed by atoms with van der Waals surface area (Å²) in [6, 6.07) is 0.474. The van der Waals surface area contributed by atoms with Gasteiger partial charge in [-0.25, -0.2) is 0 Å². The van der Waals surface area contributed by atoms with Crippen molar-refractivity contribution in [1.29, 1.82) is 0 Å². The van der Waals surface area contributed by atoms with E-state index in [9.17, 15) is 0 Å². The van der Waals surface area contributed by atoms with Crippen molar-refractivity contribution in [1.82, 2.24) is 5.48 Å². The molecule has 13 heavy (non-hydrogen) atoms. The Labute approximate surface area is 80.7 Å². The zero-order valence-corrected chi connectivity index (χ0v) is 8.71. The van der Waals surface area contributed by atoms with Crippen LogP contribution in [0.3, 0.4) is 0 Å². The van der Waals surface area contributed by atoms with Gasteiger partial charge < -0.3 is 4.74 Å². The van der Waals surface area contributed by atoms with Crippen LogP contribution in [0.5, 0.6) is 0 Å². The fourth-order valence-electron chi connectivity index (χ4n) is 1.60. The zero-order chi connectivity index (χ0) is 9.52. The molecule has 0 bridgehead atoms. The molecule has 0 aliphatic heterocycles. The highest BCUT2D eigenvalue weighted by molar-refractivity contribution is 4.73. The van der Waals surface area contributed by atoms with E-state index in [-0.39, 0.29) is 0 Å². The highest BCUT2D eigenvalue weighted by Gasteiger charge is 2.19. The maximum absolute atomic E-state index is 5.23. The maximum atomic E-state index is 5.23. The fourth-order valence-corrected chi connectivity index (χ4v) is 1.60. The Morgan fingerprint density at radius 2 is 2.15 bits per heavy atom. The van der Waals surface area contributed by atoms with Crippen molar-refractivity contribution in [2.45, 2.75) is 38.6 Å². The minimum Gasteiger partial charge on any atom is -0.382 e. The van der Waals surface area contributed by atoms with Crippen LogP contribution in [0.2, 0.25) is 0 Å². The van der Waals surface area contributed by atoms with Crippen LogP contribution in [-0.2, 0) is 9.57 Å². The van der Waals surface area contributed by atoms with Crippen molar-refractivity contribution in [3.8, 4) is 0 Å². The first-order chi connectivity index (χ1) is 6.33. The van der Waals surface area contributed by atoms with Crippen LogP contribution in [0.1, 0.15) is 32.6 Å². The molecular formula is C10H21NO2. The second-order valence-electron chi connectivity index (χ2n) is 3.89. The Kier molecular flexibility index (Phi) is 5.35. The second-order valence-corrected chi connectivity index (χ2v) is 3.89. The summed E-state index contributed by atoms with van der Waals surface area (Å²) in [6.45, 7) is 3.46. The van der Waals surface area contributed by atoms with E-state index in [1.165, 1.54) is 25.7 Å². The van der Waals surface area contributed by atoms with Gasteiger partial charge >= 0.3 is 0 Å². The monoisotopic (exact) mass is 187 g/mol. The Morgan fingerprint density at radius 3 is 2.69 bits per heavy atom. The number of hydroxylamine groups is 1. The summed E-state index contributed by atoms with van der Waals surface area (Å²) >= 11 is 0. The van der Waals surface area contributed by atoms with Gasteiger partial charge in [-0.15, -0.1) is 0 Å². The summed E-state index contributed by atoms with van der Waals surface area (Å²) in [5, 5.41) is 0. The quantitative estimate of drug-likeness (QED) is 0.486. The number of hydrogen-bond acceptors (Lipinski definition) is 3. The normalized spacial score (nSPS) is 19.8. The van der Waals surface area contributed by atoms with E-state index in [2.05, 4.69) is 12.4 Å². The van der Waals surface area contributed by atoms with Crippen LogP contribution in [0, 0.1) is 5.92 Å². The second kappa shape index (κ2) is 6.35. The van der Waals surface area contributed by atoms with E-state index in [0.29, 0.717) is 19.3 Å². The lowest BCUT2D eigenvalue weighted by Gasteiger charge is -2.28. The van der Waals surface area contributed by atoms with Crippen molar-refractivity contribution < 1.29 is 9.57 Å². The lowest BCUT2D eigenvalue weighted by atomic mass is 9.81. The fraction of sp³-hybridized carbons (Fsp3) is 1.00. The molecular weight excluding hydrogens is 166 g/mol. The minimum absolute atomic E-state index is 0.474. The average molecular weight is 187 g/mol. The molecule has 1 rings (SSSR count). The predicted octanol–water partition coefficient (Wildman–Crippen LogP) is 1.73. The van der Waals surface area contributed by atoms with Gasteiger partial charge in [-0.3, -0.25) is 4.84 Å². The van der Waals surface area contributed by atoms with Crippen molar-refractivity contribution in [2.24, 2.45) is 5.92 Å². The number of methoxy groups -OCH3 is 1. The molecule has 1 saturated carbocycles. The average Bonchev–Trinajstić information content (AvgIpc) is 2.06. The van der Waals surface area contributed by atoms with Crippen LogP contribution in [-0.4, -0.2) is 26.4 Å². The summed E-state index contributed by atoms with van der Waals surface area (Å²) < 4.78 is 4.87. The summed E-state index contributed by atoms with van der Waals surface area (Å²) in [7, 11) is 1.68. The van der Waals surface area contributed by atoms with Crippen molar-refractivity contribution in [2.75, 3.05) is 20.3 Å². The molecule has 1 aliphatic carbocycles. The number of rotatable bonds is 7. The molecule has 0 radical (unpaired) electrons. The highest BCUT2D eigenvalue weighted by atomic mass is 16.7. The Hall–Kier alpha value is -0.120. The molecule has 3 nitrogen and oxygen atoms in total. The minimum atomic E-state index is 0.474. The van der Waals surface area contributed by atoms with Crippen LogP contribution in [0.25, 0.3) is 0 Å². The molecule has 1 fully saturated rings. The van der Waals surface area contributed by atoms with E-state index in [0.717, 1.165) is 5.92 Å². The lowest BCUT2D eigenvalue weighted by molar-refractivity contribution is -0.0146. The van der Waals surface area contributed by atoms with Crippen LogP contribution in [0.4, 0.5) is 0 Å². The molecule has 3 heteroatoms. The first-order valence-electron chi connectivity index (χ1n) is 5.19. The third-order valence-corrected chi connectivity index (χ3v) is 2.59. The first-order valence-corrected chi connectivity index (χ1v) is 5.19. The Balaban J connectivity index is 1.87. The van der Waals surface area contributed by atoms with Crippen LogP contribution in [0.15, 0.2) is 0 Å². The van der Waals surface area contributed by atoms with Gasteiger partial charge in [0.1, 0.15) is 0 Å². The largest absolute Gasteiger partial charge is 0.382 e. The molecule has 1 N–H and O–H groups in total. The maximum Gasteiger partial charge on any atom is 0.0915 e. The summed E-state index contributed by atoms with van der Waals surface area (Å²) in [5.41, 5.74) is 3.04. The number of ether oxygens (including phenoxy) is 1. The molecule has 0 aromatic heterocycles. The molecule has 0 amide bonds. The highest BCUT2D eigenvalue weighted by Crippen LogP contribution is 2.30. The SMILES string of the molecule is COCCONC(C)CC1CCC1. The van der Waals surface area contributed by atoms with E-state index in [1.807, 2.05) is 0 Å². The van der Waals surface area contributed by atoms with Gasteiger partial charge in [-0.05, 0) is 19.3 Å². The van der Waals surface area contributed by atoms with Gasteiger partial charge in [0.2, 0.25) is 0 Å². The molecule has 0 aromatic carbocycles. The number of nitrogens with one attached hydrogen (secondary N) is 1. The van der Waals surface area contributed by atoms with Gasteiger partial charge in [0.25, 0.3) is 0 Å². The molecule has 0 aromatic rings. The third kappa shape index (κ3) is 4.60. The van der Waals surface area contributed by atoms with E-state index in [4.69, 9.17) is 9.57 Å². The number of hydrogen-bond donors (Lipinski definition) is 1. The van der Waals surface area contributed by atoms with Gasteiger partial charge in [-0.1, -0.05) is 19.3 Å². The summed E-state index contributed by atoms with van der Waals surface area (Å²) in [6.07, 6.45) is 5.48. The molecule has 0 saturated heterocycles. The topological polar surface area (TPSA) is 30.5 Å². The van der Waals surface area contributed by atoms with Crippen LogP contribution < -0.4 is 5.48 Å². The van der Waals surface area contributed by atoms with E-state index >= 15 is 0 Å².